The smallest absolute Gasteiger partial charge is 0.148 e. The molecule has 0 aliphatic rings. The number of rotatable bonds is 3. The molecule has 0 radical (unpaired) electrons. The summed E-state index contributed by atoms with van der Waals surface area (Å²) in [5, 5.41) is 0.0326. The second-order valence-electron chi connectivity index (χ2n) is 3.90. The molecular weight excluding hydrogens is 321 g/mol. The first-order valence-electron chi connectivity index (χ1n) is 5.52. The summed E-state index contributed by atoms with van der Waals surface area (Å²) < 4.78 is 20.0. The first kappa shape index (κ1) is 13.6. The van der Waals surface area contributed by atoms with Crippen LogP contribution in [0.3, 0.4) is 0 Å². The molecule has 18 heavy (non-hydrogen) atoms. The average Bonchev–Trinajstić information content (AvgIpc) is 2.84. The Kier molecular flexibility index (Phi) is 4.10. The van der Waals surface area contributed by atoms with Crippen LogP contribution in [0.1, 0.15) is 30.0 Å². The highest BCUT2D eigenvalue weighted by Crippen LogP contribution is 2.32. The fraction of sp³-hybridized carbons (Fsp3) is 0.231. The minimum Gasteiger partial charge on any atom is -0.464 e. The lowest BCUT2D eigenvalue weighted by atomic mass is 10.1. The molecule has 0 amide bonds. The number of nitrogens with two attached hydrogens (primary N) is 1. The van der Waals surface area contributed by atoms with Crippen LogP contribution in [0.2, 0.25) is 5.02 Å². The zero-order chi connectivity index (χ0) is 13.3. The molecule has 1 heterocycles. The minimum absolute atomic E-state index is 0.0326. The second kappa shape index (κ2) is 5.43. The van der Waals surface area contributed by atoms with Gasteiger partial charge in [-0.05, 0) is 34.1 Å². The van der Waals surface area contributed by atoms with Crippen molar-refractivity contribution in [2.24, 2.45) is 5.73 Å². The Labute approximate surface area is 118 Å². The molecule has 2 aromatic rings. The number of furan rings is 1. The lowest BCUT2D eigenvalue weighted by Gasteiger charge is -2.12. The maximum atomic E-state index is 14.0. The van der Waals surface area contributed by atoms with Crippen molar-refractivity contribution in [3.05, 3.63) is 56.7 Å². The third-order valence-corrected chi connectivity index (χ3v) is 4.00. The lowest BCUT2D eigenvalue weighted by molar-refractivity contribution is 0.448. The van der Waals surface area contributed by atoms with E-state index in [4.69, 9.17) is 21.8 Å². The molecule has 0 aliphatic heterocycles. The molecule has 0 fully saturated rings. The Balaban J connectivity index is 2.39. The van der Waals surface area contributed by atoms with E-state index in [0.29, 0.717) is 15.8 Å². The van der Waals surface area contributed by atoms with Crippen LogP contribution in [0.15, 0.2) is 33.2 Å². The van der Waals surface area contributed by atoms with E-state index >= 15 is 0 Å². The molecule has 2 rings (SSSR count). The van der Waals surface area contributed by atoms with Crippen molar-refractivity contribution in [1.82, 2.24) is 0 Å². The van der Waals surface area contributed by atoms with Gasteiger partial charge in [-0.3, -0.25) is 0 Å². The largest absolute Gasteiger partial charge is 0.464 e. The molecule has 1 unspecified atom stereocenters. The first-order valence-corrected chi connectivity index (χ1v) is 6.69. The van der Waals surface area contributed by atoms with E-state index < -0.39 is 11.9 Å². The number of hydrogen-bond acceptors (Lipinski definition) is 2. The molecule has 2 N–H and O–H groups in total. The molecule has 1 aromatic carbocycles. The van der Waals surface area contributed by atoms with Gasteiger partial charge in [0.1, 0.15) is 17.3 Å². The van der Waals surface area contributed by atoms with Crippen LogP contribution in [-0.4, -0.2) is 0 Å². The van der Waals surface area contributed by atoms with E-state index in [-0.39, 0.29) is 5.02 Å². The summed E-state index contributed by atoms with van der Waals surface area (Å²) in [6.45, 7) is 1.98. The molecule has 0 aliphatic carbocycles. The predicted octanol–water partition coefficient (Wildman–Crippen LogP) is 4.45. The Morgan fingerprint density at radius 2 is 2.11 bits per heavy atom. The highest BCUT2D eigenvalue weighted by Gasteiger charge is 2.19. The molecule has 5 heteroatoms. The standard InChI is InChI=1S/C13H12BrClFNO/c1-2-7-3-6-10(18-7)13(17)8-4-5-9(14)11(15)12(8)16/h3-6,13H,2,17H2,1H3. The fourth-order valence-corrected chi connectivity index (χ4v) is 2.16. The van der Waals surface area contributed by atoms with Crippen LogP contribution in [0.25, 0.3) is 0 Å². The average molecular weight is 333 g/mol. The molecule has 0 bridgehead atoms. The first-order chi connectivity index (χ1) is 8.54. The Morgan fingerprint density at radius 1 is 1.39 bits per heavy atom. The van der Waals surface area contributed by atoms with Crippen LogP contribution in [-0.2, 0) is 6.42 Å². The Morgan fingerprint density at radius 3 is 2.72 bits per heavy atom. The Hall–Kier alpha value is -0.840. The molecule has 0 spiro atoms. The van der Waals surface area contributed by atoms with E-state index in [1.54, 1.807) is 18.2 Å². The molecule has 96 valence electrons. The minimum atomic E-state index is -0.657. The SMILES string of the molecule is CCc1ccc(C(N)c2ccc(Br)c(Cl)c2F)o1. The molecule has 1 atom stereocenters. The third-order valence-electron chi connectivity index (χ3n) is 2.74. The second-order valence-corrected chi connectivity index (χ2v) is 5.13. The summed E-state index contributed by atoms with van der Waals surface area (Å²) in [6.07, 6.45) is 0.774. The van der Waals surface area contributed by atoms with E-state index in [2.05, 4.69) is 15.9 Å². The van der Waals surface area contributed by atoms with Crippen LogP contribution < -0.4 is 5.73 Å². The van der Waals surface area contributed by atoms with Gasteiger partial charge in [-0.15, -0.1) is 0 Å². The van der Waals surface area contributed by atoms with Gasteiger partial charge in [0.25, 0.3) is 0 Å². The van der Waals surface area contributed by atoms with Crippen molar-refractivity contribution in [2.45, 2.75) is 19.4 Å². The van der Waals surface area contributed by atoms with Crippen LogP contribution in [0.4, 0.5) is 4.39 Å². The van der Waals surface area contributed by atoms with Gasteiger partial charge in [-0.2, -0.15) is 0 Å². The zero-order valence-electron chi connectivity index (χ0n) is 9.71. The molecule has 0 saturated heterocycles. The normalized spacial score (nSPS) is 12.7. The summed E-state index contributed by atoms with van der Waals surface area (Å²) in [7, 11) is 0. The summed E-state index contributed by atoms with van der Waals surface area (Å²) in [5.41, 5.74) is 6.32. The van der Waals surface area contributed by atoms with Crippen LogP contribution in [0, 0.1) is 5.82 Å². The van der Waals surface area contributed by atoms with Crippen molar-refractivity contribution in [1.29, 1.82) is 0 Å². The summed E-state index contributed by atoms with van der Waals surface area (Å²) in [4.78, 5) is 0. The van der Waals surface area contributed by atoms with Gasteiger partial charge in [0.15, 0.2) is 0 Å². The van der Waals surface area contributed by atoms with E-state index in [0.717, 1.165) is 12.2 Å². The van der Waals surface area contributed by atoms with E-state index in [1.807, 2.05) is 13.0 Å². The van der Waals surface area contributed by atoms with Crippen molar-refractivity contribution in [3.63, 3.8) is 0 Å². The van der Waals surface area contributed by atoms with E-state index in [1.165, 1.54) is 0 Å². The number of benzene rings is 1. The van der Waals surface area contributed by atoms with Crippen molar-refractivity contribution < 1.29 is 8.81 Å². The highest BCUT2D eigenvalue weighted by atomic mass is 79.9. The molecule has 1 aromatic heterocycles. The number of aryl methyl sites for hydroxylation is 1. The zero-order valence-corrected chi connectivity index (χ0v) is 12.1. The third kappa shape index (κ3) is 2.46. The molecule has 2 nitrogen and oxygen atoms in total. The Bertz CT molecular complexity index is 570. The number of hydrogen-bond donors (Lipinski definition) is 1. The van der Waals surface area contributed by atoms with Gasteiger partial charge in [0, 0.05) is 16.5 Å². The highest BCUT2D eigenvalue weighted by molar-refractivity contribution is 9.10. The summed E-state index contributed by atoms with van der Waals surface area (Å²) >= 11 is 9.00. The van der Waals surface area contributed by atoms with Gasteiger partial charge < -0.3 is 10.2 Å². The maximum Gasteiger partial charge on any atom is 0.148 e. The van der Waals surface area contributed by atoms with Crippen LogP contribution in [0.5, 0.6) is 0 Å². The van der Waals surface area contributed by atoms with Gasteiger partial charge >= 0.3 is 0 Å². The summed E-state index contributed by atoms with van der Waals surface area (Å²) in [5.74, 6) is 0.834. The predicted molar refractivity (Wildman–Crippen MR) is 73.2 cm³/mol. The van der Waals surface area contributed by atoms with Gasteiger partial charge in [0.05, 0.1) is 11.1 Å². The van der Waals surface area contributed by atoms with Crippen LogP contribution >= 0.6 is 27.5 Å². The van der Waals surface area contributed by atoms with Crippen molar-refractivity contribution in [3.8, 4) is 0 Å². The fourth-order valence-electron chi connectivity index (χ4n) is 1.69. The van der Waals surface area contributed by atoms with Gasteiger partial charge in [0.2, 0.25) is 0 Å². The molecule has 0 saturated carbocycles. The quantitative estimate of drug-likeness (QED) is 0.844. The van der Waals surface area contributed by atoms with Gasteiger partial charge in [-0.1, -0.05) is 24.6 Å². The summed E-state index contributed by atoms with van der Waals surface area (Å²) in [6, 6.07) is 6.22. The van der Waals surface area contributed by atoms with Crippen molar-refractivity contribution in [2.75, 3.05) is 0 Å². The number of halogens is 3. The monoisotopic (exact) mass is 331 g/mol. The lowest BCUT2D eigenvalue weighted by Crippen LogP contribution is -2.13. The van der Waals surface area contributed by atoms with E-state index in [9.17, 15) is 4.39 Å². The maximum absolute atomic E-state index is 14.0. The topological polar surface area (TPSA) is 39.2 Å². The molecular formula is C13H12BrClFNO. The van der Waals surface area contributed by atoms with Gasteiger partial charge in [-0.25, -0.2) is 4.39 Å². The van der Waals surface area contributed by atoms with Crippen molar-refractivity contribution >= 4 is 27.5 Å².